The maximum Gasteiger partial charge on any atom is 0.159 e. The highest BCUT2D eigenvalue weighted by molar-refractivity contribution is 14.1. The zero-order valence-corrected chi connectivity index (χ0v) is 7.28. The van der Waals surface area contributed by atoms with E-state index in [-0.39, 0.29) is 5.56 Å². The van der Waals surface area contributed by atoms with E-state index in [1.54, 1.807) is 0 Å². The topological polar surface area (TPSA) is 9.23 Å². The van der Waals surface area contributed by atoms with Crippen molar-refractivity contribution in [2.75, 3.05) is 0 Å². The summed E-state index contributed by atoms with van der Waals surface area (Å²) in [5, 5.41) is 0. The molecule has 0 aromatic heterocycles. The number of rotatable bonds is 0. The van der Waals surface area contributed by atoms with E-state index in [1.807, 2.05) is 0 Å². The van der Waals surface area contributed by atoms with E-state index in [4.69, 9.17) is 16.3 Å². The van der Waals surface area contributed by atoms with Crippen molar-refractivity contribution in [1.29, 1.82) is 0 Å². The lowest BCUT2D eigenvalue weighted by molar-refractivity contribution is 0.116. The Kier molecular flexibility index (Phi) is 2.86. The second-order valence-electron chi connectivity index (χ2n) is 1.78. The maximum atomic E-state index is 5.66. The minimum Gasteiger partial charge on any atom is -0.342 e. The molecular formula is C5H7ClIO. The predicted octanol–water partition coefficient (Wildman–Crippen LogP) is 2.68. The third-order valence-corrected chi connectivity index (χ3v) is 2.16. The number of hydrogen-bond donors (Lipinski definition) is 0. The Labute approximate surface area is 67.9 Å². The van der Waals surface area contributed by atoms with Gasteiger partial charge in [-0.3, -0.25) is 0 Å². The summed E-state index contributed by atoms with van der Waals surface area (Å²) in [4.78, 5) is 0. The van der Waals surface area contributed by atoms with Crippen molar-refractivity contribution in [2.24, 2.45) is 0 Å². The normalized spacial score (nSPS) is 33.0. The molecule has 1 aliphatic rings. The van der Waals surface area contributed by atoms with Gasteiger partial charge in [-0.25, -0.2) is 0 Å². The maximum absolute atomic E-state index is 5.66. The Morgan fingerprint density at radius 1 is 1.75 bits per heavy atom. The van der Waals surface area contributed by atoms with Crippen molar-refractivity contribution in [3.8, 4) is 0 Å². The first-order valence-corrected chi connectivity index (χ1v) is 4.12. The fourth-order valence-electron chi connectivity index (χ4n) is 0.658. The zero-order chi connectivity index (χ0) is 5.98. The molecule has 1 unspecified atom stereocenters. The molecule has 1 saturated heterocycles. The van der Waals surface area contributed by atoms with Gasteiger partial charge in [0.1, 0.15) is 5.56 Å². The van der Waals surface area contributed by atoms with Crippen LogP contribution >= 0.6 is 34.2 Å². The van der Waals surface area contributed by atoms with Gasteiger partial charge in [0.05, 0.1) is 0 Å². The lowest BCUT2D eigenvalue weighted by atomic mass is 10.2. The molecule has 3 heteroatoms. The molecule has 0 saturated carbocycles. The highest BCUT2D eigenvalue weighted by Crippen LogP contribution is 2.30. The summed E-state index contributed by atoms with van der Waals surface area (Å²) < 4.78 is 6.20. The van der Waals surface area contributed by atoms with Gasteiger partial charge in [-0.2, -0.15) is 0 Å². The van der Waals surface area contributed by atoms with Crippen LogP contribution in [0.1, 0.15) is 19.3 Å². The fourth-order valence-corrected chi connectivity index (χ4v) is 1.76. The van der Waals surface area contributed by atoms with Gasteiger partial charge in [-0.1, -0.05) is 11.6 Å². The van der Waals surface area contributed by atoms with E-state index in [9.17, 15) is 0 Å². The summed E-state index contributed by atoms with van der Waals surface area (Å²) in [6.07, 6.45) is 3.24. The third kappa shape index (κ3) is 2.07. The first-order chi connectivity index (χ1) is 3.79. The van der Waals surface area contributed by atoms with Crippen LogP contribution in [-0.2, 0) is 4.74 Å². The standard InChI is InChI=1S/C5H7ClIO/c6-4-2-1-3-5(7)8-4/h4H,1-3H2. The molecule has 1 nitrogen and oxygen atoms in total. The first-order valence-electron chi connectivity index (χ1n) is 2.61. The summed E-state index contributed by atoms with van der Waals surface area (Å²) in [5.41, 5.74) is -0.0596. The smallest absolute Gasteiger partial charge is 0.159 e. The van der Waals surface area contributed by atoms with Gasteiger partial charge >= 0.3 is 0 Å². The summed E-state index contributed by atoms with van der Waals surface area (Å²) in [5.74, 6) is 0. The summed E-state index contributed by atoms with van der Waals surface area (Å²) in [6, 6.07) is 0. The Balaban J connectivity index is 2.23. The highest BCUT2D eigenvalue weighted by Gasteiger charge is 2.17. The molecule has 0 spiro atoms. The van der Waals surface area contributed by atoms with E-state index in [0.717, 1.165) is 17.0 Å². The Bertz CT molecular complexity index is 70.8. The molecule has 0 aliphatic carbocycles. The molecule has 1 fully saturated rings. The van der Waals surface area contributed by atoms with E-state index < -0.39 is 0 Å². The zero-order valence-electron chi connectivity index (χ0n) is 4.36. The van der Waals surface area contributed by atoms with Gasteiger partial charge in [0.2, 0.25) is 0 Å². The summed E-state index contributed by atoms with van der Waals surface area (Å²) >= 11 is 7.85. The number of hydrogen-bond acceptors (Lipinski definition) is 1. The van der Waals surface area contributed by atoms with Crippen LogP contribution in [0.3, 0.4) is 0 Å². The fraction of sp³-hybridized carbons (Fsp3) is 0.800. The Morgan fingerprint density at radius 3 is 2.88 bits per heavy atom. The minimum absolute atomic E-state index is 0.0596. The largest absolute Gasteiger partial charge is 0.342 e. The first kappa shape index (κ1) is 7.09. The van der Waals surface area contributed by atoms with E-state index in [1.165, 1.54) is 6.42 Å². The van der Waals surface area contributed by atoms with Crippen LogP contribution in [0.15, 0.2) is 0 Å². The monoisotopic (exact) mass is 245 g/mol. The second kappa shape index (κ2) is 3.22. The quantitative estimate of drug-likeness (QED) is 0.471. The average molecular weight is 245 g/mol. The molecule has 0 amide bonds. The number of halogens is 2. The summed E-state index contributed by atoms with van der Waals surface area (Å²) in [7, 11) is 0. The molecule has 1 atom stereocenters. The van der Waals surface area contributed by atoms with Gasteiger partial charge in [0.15, 0.2) is 4.11 Å². The highest BCUT2D eigenvalue weighted by atomic mass is 127. The van der Waals surface area contributed by atoms with Crippen molar-refractivity contribution in [3.05, 3.63) is 4.11 Å². The molecule has 1 rings (SSSR count). The van der Waals surface area contributed by atoms with E-state index in [2.05, 4.69) is 22.6 Å². The van der Waals surface area contributed by atoms with Crippen LogP contribution in [0.4, 0.5) is 0 Å². The number of alkyl halides is 1. The van der Waals surface area contributed by atoms with Crippen molar-refractivity contribution in [3.63, 3.8) is 0 Å². The predicted molar refractivity (Wildman–Crippen MR) is 41.8 cm³/mol. The van der Waals surface area contributed by atoms with Crippen molar-refractivity contribution < 1.29 is 4.74 Å². The van der Waals surface area contributed by atoms with Gasteiger partial charge < -0.3 is 4.74 Å². The molecule has 1 radical (unpaired) electrons. The SMILES string of the molecule is ClC1CCC[C](I)O1. The summed E-state index contributed by atoms with van der Waals surface area (Å²) in [6.45, 7) is 0. The van der Waals surface area contributed by atoms with E-state index in [0.29, 0.717) is 0 Å². The molecule has 0 N–H and O–H groups in total. The van der Waals surface area contributed by atoms with Crippen LogP contribution < -0.4 is 0 Å². The molecule has 0 aromatic rings. The minimum atomic E-state index is -0.0596. The lowest BCUT2D eigenvalue weighted by Crippen LogP contribution is -2.12. The molecular weight excluding hydrogens is 238 g/mol. The van der Waals surface area contributed by atoms with Gasteiger partial charge in [0.25, 0.3) is 0 Å². The molecule has 0 bridgehead atoms. The Hall–Kier alpha value is 0.980. The van der Waals surface area contributed by atoms with Crippen LogP contribution in [0.2, 0.25) is 0 Å². The van der Waals surface area contributed by atoms with E-state index >= 15 is 0 Å². The molecule has 8 heavy (non-hydrogen) atoms. The van der Waals surface area contributed by atoms with Gasteiger partial charge in [-0.15, -0.1) is 0 Å². The molecule has 1 heterocycles. The van der Waals surface area contributed by atoms with Crippen LogP contribution in [-0.4, -0.2) is 5.56 Å². The molecule has 47 valence electrons. The Morgan fingerprint density at radius 2 is 2.50 bits per heavy atom. The van der Waals surface area contributed by atoms with Crippen LogP contribution in [0.5, 0.6) is 0 Å². The van der Waals surface area contributed by atoms with Crippen molar-refractivity contribution >= 4 is 34.2 Å². The lowest BCUT2D eigenvalue weighted by Gasteiger charge is -2.20. The van der Waals surface area contributed by atoms with Crippen molar-refractivity contribution in [1.82, 2.24) is 0 Å². The average Bonchev–Trinajstić information content (AvgIpc) is 1.64. The third-order valence-electron chi connectivity index (χ3n) is 1.06. The van der Waals surface area contributed by atoms with Gasteiger partial charge in [-0.05, 0) is 41.9 Å². The van der Waals surface area contributed by atoms with Gasteiger partial charge in [0, 0.05) is 0 Å². The van der Waals surface area contributed by atoms with Crippen LogP contribution in [0.25, 0.3) is 0 Å². The molecule has 0 aromatic carbocycles. The number of ether oxygens (including phenoxy) is 1. The second-order valence-corrected chi connectivity index (χ2v) is 3.47. The molecule has 1 aliphatic heterocycles. The van der Waals surface area contributed by atoms with Crippen LogP contribution in [0, 0.1) is 4.11 Å². The van der Waals surface area contributed by atoms with Crippen molar-refractivity contribution in [2.45, 2.75) is 24.8 Å².